The van der Waals surface area contributed by atoms with Crippen molar-refractivity contribution < 1.29 is 0 Å². The molecular formula is C16H29N5. The molecule has 1 aromatic heterocycles. The fourth-order valence-electron chi connectivity index (χ4n) is 3.19. The minimum absolute atomic E-state index is 0.404. The number of rotatable bonds is 5. The minimum atomic E-state index is 0.404. The fourth-order valence-corrected chi connectivity index (χ4v) is 3.19. The second kappa shape index (κ2) is 7.07. The van der Waals surface area contributed by atoms with Crippen LogP contribution in [0.4, 0.5) is 11.6 Å². The van der Waals surface area contributed by atoms with Gasteiger partial charge in [0.15, 0.2) is 0 Å². The highest BCUT2D eigenvalue weighted by atomic mass is 15.2. The largest absolute Gasteiger partial charge is 0.373 e. The molecule has 0 aliphatic carbocycles. The van der Waals surface area contributed by atoms with E-state index in [-0.39, 0.29) is 0 Å². The van der Waals surface area contributed by atoms with E-state index in [1.807, 2.05) is 7.05 Å². The van der Waals surface area contributed by atoms with Crippen molar-refractivity contribution in [3.05, 3.63) is 11.9 Å². The van der Waals surface area contributed by atoms with Gasteiger partial charge in [-0.2, -0.15) is 0 Å². The summed E-state index contributed by atoms with van der Waals surface area (Å²) in [5.74, 6) is 2.44. The second-order valence-corrected chi connectivity index (χ2v) is 6.14. The van der Waals surface area contributed by atoms with Crippen molar-refractivity contribution in [1.82, 2.24) is 14.9 Å². The summed E-state index contributed by atoms with van der Waals surface area (Å²) in [6.45, 7) is 10.2. The van der Waals surface area contributed by atoms with E-state index in [1.54, 1.807) is 6.33 Å². The van der Waals surface area contributed by atoms with Crippen LogP contribution in [0, 0.1) is 0 Å². The molecule has 1 aromatic rings. The fraction of sp³-hybridized carbons (Fsp3) is 0.750. The van der Waals surface area contributed by atoms with Crippen LogP contribution in [0.2, 0.25) is 0 Å². The molecule has 2 rings (SSSR count). The molecule has 1 aliphatic heterocycles. The molecule has 0 spiro atoms. The number of likely N-dealkylation sites (tertiary alicyclic amines) is 1. The standard InChI is InChI=1S/C16H29N5/c1-6-21-9-7-13(8-10-21)20(5)16-14(12(2)3)15(17-4)18-11-19-16/h11-13H,6-10H2,1-5H3,(H,17,18,19). The van der Waals surface area contributed by atoms with Gasteiger partial charge in [-0.15, -0.1) is 0 Å². The van der Waals surface area contributed by atoms with Gasteiger partial charge < -0.3 is 15.1 Å². The molecule has 5 heteroatoms. The minimum Gasteiger partial charge on any atom is -0.373 e. The van der Waals surface area contributed by atoms with Crippen molar-refractivity contribution in [3.63, 3.8) is 0 Å². The van der Waals surface area contributed by atoms with Crippen LogP contribution in [0.5, 0.6) is 0 Å². The van der Waals surface area contributed by atoms with Crippen LogP contribution in [0.1, 0.15) is 45.1 Å². The highest BCUT2D eigenvalue weighted by Gasteiger charge is 2.25. The zero-order valence-electron chi connectivity index (χ0n) is 14.1. The number of piperidine rings is 1. The molecule has 0 aromatic carbocycles. The molecule has 5 nitrogen and oxygen atoms in total. The van der Waals surface area contributed by atoms with Crippen molar-refractivity contribution in [2.24, 2.45) is 0 Å². The Labute approximate surface area is 128 Å². The van der Waals surface area contributed by atoms with Crippen LogP contribution < -0.4 is 10.2 Å². The van der Waals surface area contributed by atoms with Gasteiger partial charge in [0.1, 0.15) is 18.0 Å². The van der Waals surface area contributed by atoms with Crippen molar-refractivity contribution in [2.45, 2.75) is 45.6 Å². The maximum atomic E-state index is 4.58. The first-order chi connectivity index (χ1) is 10.1. The van der Waals surface area contributed by atoms with E-state index in [0.717, 1.165) is 18.2 Å². The highest BCUT2D eigenvalue weighted by Crippen LogP contribution is 2.32. The maximum absolute atomic E-state index is 4.58. The van der Waals surface area contributed by atoms with Gasteiger partial charge in [-0.3, -0.25) is 0 Å². The third kappa shape index (κ3) is 3.46. The molecule has 1 fully saturated rings. The Morgan fingerprint density at radius 3 is 2.52 bits per heavy atom. The van der Waals surface area contributed by atoms with Crippen molar-refractivity contribution in [1.29, 1.82) is 0 Å². The molecule has 1 saturated heterocycles. The lowest BCUT2D eigenvalue weighted by atomic mass is 10.00. The Morgan fingerprint density at radius 1 is 1.33 bits per heavy atom. The maximum Gasteiger partial charge on any atom is 0.137 e. The highest BCUT2D eigenvalue weighted by molar-refractivity contribution is 5.60. The average molecular weight is 291 g/mol. The van der Waals surface area contributed by atoms with E-state index >= 15 is 0 Å². The van der Waals surface area contributed by atoms with Crippen LogP contribution in [0.15, 0.2) is 6.33 Å². The first-order valence-electron chi connectivity index (χ1n) is 8.06. The predicted molar refractivity (Wildman–Crippen MR) is 89.2 cm³/mol. The first kappa shape index (κ1) is 16.0. The van der Waals surface area contributed by atoms with Gasteiger partial charge in [0, 0.05) is 38.8 Å². The number of anilines is 2. The molecule has 0 radical (unpaired) electrons. The van der Waals surface area contributed by atoms with Gasteiger partial charge in [0.25, 0.3) is 0 Å². The monoisotopic (exact) mass is 291 g/mol. The first-order valence-corrected chi connectivity index (χ1v) is 8.06. The number of aromatic nitrogens is 2. The van der Waals surface area contributed by atoms with Crippen LogP contribution in [0.25, 0.3) is 0 Å². The Bertz CT molecular complexity index is 452. The van der Waals surface area contributed by atoms with Gasteiger partial charge >= 0.3 is 0 Å². The third-order valence-corrected chi connectivity index (χ3v) is 4.56. The van der Waals surface area contributed by atoms with Gasteiger partial charge in [0.2, 0.25) is 0 Å². The van der Waals surface area contributed by atoms with E-state index in [4.69, 9.17) is 0 Å². The lowest BCUT2D eigenvalue weighted by Crippen LogP contribution is -2.44. The average Bonchev–Trinajstić information content (AvgIpc) is 2.53. The summed E-state index contributed by atoms with van der Waals surface area (Å²) < 4.78 is 0. The molecule has 0 saturated carbocycles. The van der Waals surface area contributed by atoms with Gasteiger partial charge in [-0.05, 0) is 25.3 Å². The summed E-state index contributed by atoms with van der Waals surface area (Å²) in [6, 6.07) is 0.574. The van der Waals surface area contributed by atoms with E-state index in [1.165, 1.54) is 31.5 Å². The topological polar surface area (TPSA) is 44.3 Å². The molecule has 0 amide bonds. The lowest BCUT2D eigenvalue weighted by molar-refractivity contribution is 0.220. The number of hydrogen-bond acceptors (Lipinski definition) is 5. The molecule has 118 valence electrons. The number of nitrogens with zero attached hydrogens (tertiary/aromatic N) is 4. The number of nitrogens with one attached hydrogen (secondary N) is 1. The zero-order chi connectivity index (χ0) is 15.4. The molecule has 0 bridgehead atoms. The SMILES string of the molecule is CCN1CCC(N(C)c2ncnc(NC)c2C(C)C)CC1. The normalized spacial score (nSPS) is 17.2. The van der Waals surface area contributed by atoms with Crippen LogP contribution in [0.3, 0.4) is 0 Å². The van der Waals surface area contributed by atoms with E-state index in [2.05, 4.69) is 52.9 Å². The Kier molecular flexibility index (Phi) is 5.39. The summed E-state index contributed by atoms with van der Waals surface area (Å²) in [6.07, 6.45) is 4.09. The van der Waals surface area contributed by atoms with Crippen LogP contribution in [-0.2, 0) is 0 Å². The number of hydrogen-bond donors (Lipinski definition) is 1. The summed E-state index contributed by atoms with van der Waals surface area (Å²) in [5, 5.41) is 3.21. The lowest BCUT2D eigenvalue weighted by Gasteiger charge is -2.38. The Morgan fingerprint density at radius 2 is 2.00 bits per heavy atom. The van der Waals surface area contributed by atoms with Crippen molar-refractivity contribution in [3.8, 4) is 0 Å². The summed E-state index contributed by atoms with van der Waals surface area (Å²) >= 11 is 0. The zero-order valence-corrected chi connectivity index (χ0v) is 14.1. The molecule has 1 aliphatic rings. The van der Waals surface area contributed by atoms with E-state index in [0.29, 0.717) is 12.0 Å². The molecule has 2 heterocycles. The molecular weight excluding hydrogens is 262 g/mol. The predicted octanol–water partition coefficient (Wildman–Crippen LogP) is 2.56. The van der Waals surface area contributed by atoms with Gasteiger partial charge in [-0.1, -0.05) is 20.8 Å². The van der Waals surface area contributed by atoms with Gasteiger partial charge in [0.05, 0.1) is 0 Å². The second-order valence-electron chi connectivity index (χ2n) is 6.14. The van der Waals surface area contributed by atoms with Crippen molar-refractivity contribution >= 4 is 11.6 Å². The van der Waals surface area contributed by atoms with Crippen molar-refractivity contribution in [2.75, 3.05) is 43.9 Å². The van der Waals surface area contributed by atoms with Gasteiger partial charge in [-0.25, -0.2) is 9.97 Å². The van der Waals surface area contributed by atoms with Crippen LogP contribution in [-0.4, -0.2) is 54.6 Å². The summed E-state index contributed by atoms with van der Waals surface area (Å²) in [7, 11) is 4.11. The molecule has 0 unspecified atom stereocenters. The molecule has 0 atom stereocenters. The van der Waals surface area contributed by atoms with E-state index < -0.39 is 0 Å². The Hall–Kier alpha value is -1.36. The Balaban J connectivity index is 2.21. The quantitative estimate of drug-likeness (QED) is 0.903. The summed E-state index contributed by atoms with van der Waals surface area (Å²) in [4.78, 5) is 13.8. The molecule has 1 N–H and O–H groups in total. The third-order valence-electron chi connectivity index (χ3n) is 4.56. The molecule has 21 heavy (non-hydrogen) atoms. The summed E-state index contributed by atoms with van der Waals surface area (Å²) in [5.41, 5.74) is 1.22. The smallest absolute Gasteiger partial charge is 0.137 e. The van der Waals surface area contributed by atoms with Crippen LogP contribution >= 0.6 is 0 Å². The van der Waals surface area contributed by atoms with E-state index in [9.17, 15) is 0 Å².